The van der Waals surface area contributed by atoms with E-state index < -0.39 is 0 Å². The van der Waals surface area contributed by atoms with Crippen LogP contribution in [0.15, 0.2) is 39.2 Å². The van der Waals surface area contributed by atoms with E-state index in [2.05, 4.69) is 11.5 Å². The van der Waals surface area contributed by atoms with Gasteiger partial charge in [0.15, 0.2) is 0 Å². The normalized spacial score (nSPS) is 18.5. The first-order valence-corrected chi connectivity index (χ1v) is 11.2. The van der Waals surface area contributed by atoms with Crippen LogP contribution in [0.5, 0.6) is 0 Å². The van der Waals surface area contributed by atoms with Crippen LogP contribution in [0.3, 0.4) is 0 Å². The molecule has 0 bridgehead atoms. The Balaban J connectivity index is 1.98. The molecule has 0 radical (unpaired) electrons. The van der Waals surface area contributed by atoms with Gasteiger partial charge in [-0.25, -0.2) is 14.2 Å². The summed E-state index contributed by atoms with van der Waals surface area (Å²) in [7, 11) is 3.18. The summed E-state index contributed by atoms with van der Waals surface area (Å²) in [5.74, 6) is -0.121. The predicted octanol–water partition coefficient (Wildman–Crippen LogP) is 3.78. The van der Waals surface area contributed by atoms with Crippen LogP contribution in [0.1, 0.15) is 35.7 Å². The Morgan fingerprint density at radius 2 is 1.97 bits per heavy atom. The molecule has 0 amide bonds. The Morgan fingerprint density at radius 1 is 1.19 bits per heavy atom. The summed E-state index contributed by atoms with van der Waals surface area (Å²) in [5, 5.41) is 3.46. The van der Waals surface area contributed by atoms with Crippen molar-refractivity contribution in [1.29, 1.82) is 0 Å². The van der Waals surface area contributed by atoms with E-state index in [1.54, 1.807) is 29.0 Å². The molecule has 0 unspecified atom stereocenters. The van der Waals surface area contributed by atoms with Gasteiger partial charge >= 0.3 is 5.69 Å². The Bertz CT molecular complexity index is 1460. The van der Waals surface area contributed by atoms with Gasteiger partial charge in [-0.2, -0.15) is 0 Å². The maximum absolute atomic E-state index is 14.2. The molecule has 1 aromatic carbocycles. The summed E-state index contributed by atoms with van der Waals surface area (Å²) in [6.07, 6.45) is 0.897. The number of benzene rings is 1. The molecule has 0 aliphatic carbocycles. The van der Waals surface area contributed by atoms with Crippen LogP contribution in [-0.4, -0.2) is 18.7 Å². The molecule has 4 aromatic rings. The largest absolute Gasteiger partial charge is 0.341 e. The molecule has 0 saturated heterocycles. The molecule has 160 valence electrons. The van der Waals surface area contributed by atoms with Crippen molar-refractivity contribution < 1.29 is 4.39 Å². The number of rotatable bonds is 2. The summed E-state index contributed by atoms with van der Waals surface area (Å²) in [4.78, 5) is 31.0. The molecule has 0 N–H and O–H groups in total. The lowest BCUT2D eigenvalue weighted by Gasteiger charge is -2.31. The van der Waals surface area contributed by atoms with E-state index in [9.17, 15) is 14.0 Å². The molecule has 31 heavy (non-hydrogen) atoms. The van der Waals surface area contributed by atoms with Gasteiger partial charge < -0.3 is 4.57 Å². The van der Waals surface area contributed by atoms with Crippen LogP contribution in [0.2, 0.25) is 0 Å². The number of hydrogen-bond donors (Lipinski definition) is 0. The zero-order chi connectivity index (χ0) is 22.0. The zero-order valence-corrected chi connectivity index (χ0v) is 18.7. The van der Waals surface area contributed by atoms with Crippen molar-refractivity contribution in [2.24, 2.45) is 20.0 Å². The lowest BCUT2D eigenvalue weighted by atomic mass is 9.85. The molecule has 1 aliphatic heterocycles. The summed E-state index contributed by atoms with van der Waals surface area (Å²) < 4.78 is 19.0. The third-order valence-electron chi connectivity index (χ3n) is 6.38. The molecule has 4 heterocycles. The maximum atomic E-state index is 14.2. The fourth-order valence-electron chi connectivity index (χ4n) is 4.87. The Labute approximate surface area is 182 Å². The summed E-state index contributed by atoms with van der Waals surface area (Å²) in [5.41, 5.74) is 3.07. The summed E-state index contributed by atoms with van der Waals surface area (Å²) in [6.45, 7) is 4.84. The molecule has 2 atom stereocenters. The topological polar surface area (TPSA) is 61.8 Å². The van der Waals surface area contributed by atoms with Crippen molar-refractivity contribution in [3.05, 3.63) is 72.7 Å². The quantitative estimate of drug-likeness (QED) is 0.479. The third-order valence-corrected chi connectivity index (χ3v) is 7.42. The number of aryl methyl sites for hydroxylation is 2. The molecule has 0 fully saturated rings. The van der Waals surface area contributed by atoms with E-state index in [0.717, 1.165) is 27.4 Å². The minimum atomic E-state index is -0.371. The van der Waals surface area contributed by atoms with Crippen molar-refractivity contribution in [2.75, 3.05) is 0 Å². The Kier molecular flexibility index (Phi) is 4.51. The monoisotopic (exact) mass is 438 g/mol. The predicted molar refractivity (Wildman–Crippen MR) is 120 cm³/mol. The second kappa shape index (κ2) is 7.02. The van der Waals surface area contributed by atoms with Gasteiger partial charge in [0.25, 0.3) is 5.56 Å². The lowest BCUT2D eigenvalue weighted by molar-refractivity contribution is 0.377. The fourth-order valence-corrected chi connectivity index (χ4v) is 5.90. The number of fused-ring (bicyclic) bond motifs is 3. The third kappa shape index (κ3) is 2.85. The summed E-state index contributed by atoms with van der Waals surface area (Å²) in [6, 6.07) is 6.31. The molecule has 8 heteroatoms. The number of thiazole rings is 1. The minimum Gasteiger partial charge on any atom is -0.341 e. The number of nitrogens with zero attached hydrogens (tertiary/aromatic N) is 4. The number of aromatic nitrogens is 4. The van der Waals surface area contributed by atoms with Gasteiger partial charge in [0.05, 0.1) is 28.2 Å². The Hall–Kier alpha value is -3.00. The molecule has 6 nitrogen and oxygen atoms in total. The SMILES string of the molecule is Cc1csc([C@H]2c3c4c(c(-c5cccc(F)c5)n3CC[C@H]2C)c(=O)n(C)c(=O)n4C)n1. The average molecular weight is 439 g/mol. The molecule has 3 aromatic heterocycles. The smallest absolute Gasteiger partial charge is 0.331 e. The first kappa shape index (κ1) is 19.9. The standard InChI is InChI=1S/C23H23FN4O2S/c1-12-8-9-28-18(14-6-5-7-15(24)10-14)17-19(26(3)23(30)27(4)22(17)29)20(28)16(12)21-25-13(2)11-31-21/h5-7,10-12,16H,8-9H2,1-4H3/t12-,16-/m1/s1. The highest BCUT2D eigenvalue weighted by molar-refractivity contribution is 7.09. The fraction of sp³-hybridized carbons (Fsp3) is 0.348. The Morgan fingerprint density at radius 3 is 2.65 bits per heavy atom. The van der Waals surface area contributed by atoms with Crippen molar-refractivity contribution >= 4 is 22.2 Å². The first-order valence-electron chi connectivity index (χ1n) is 10.3. The van der Waals surface area contributed by atoms with Gasteiger partial charge in [-0.15, -0.1) is 11.3 Å². The van der Waals surface area contributed by atoms with Gasteiger partial charge in [-0.05, 0) is 31.4 Å². The van der Waals surface area contributed by atoms with E-state index in [1.165, 1.54) is 19.2 Å². The maximum Gasteiger partial charge on any atom is 0.331 e. The van der Waals surface area contributed by atoms with Gasteiger partial charge in [-0.1, -0.05) is 19.1 Å². The van der Waals surface area contributed by atoms with Gasteiger partial charge in [0, 0.05) is 37.3 Å². The highest BCUT2D eigenvalue weighted by Crippen LogP contribution is 2.45. The van der Waals surface area contributed by atoms with Crippen molar-refractivity contribution in [3.63, 3.8) is 0 Å². The van der Waals surface area contributed by atoms with Crippen molar-refractivity contribution in [2.45, 2.75) is 32.7 Å². The number of halogens is 1. The van der Waals surface area contributed by atoms with Crippen LogP contribution in [0, 0.1) is 18.7 Å². The van der Waals surface area contributed by atoms with Gasteiger partial charge in [0.1, 0.15) is 10.8 Å². The second-order valence-electron chi connectivity index (χ2n) is 8.40. The average Bonchev–Trinajstić information content (AvgIpc) is 3.32. The second-order valence-corrected chi connectivity index (χ2v) is 9.29. The van der Waals surface area contributed by atoms with Crippen LogP contribution < -0.4 is 11.2 Å². The molecular formula is C23H23FN4O2S. The molecule has 1 aliphatic rings. The summed E-state index contributed by atoms with van der Waals surface area (Å²) >= 11 is 1.60. The van der Waals surface area contributed by atoms with E-state index >= 15 is 0 Å². The molecular weight excluding hydrogens is 415 g/mol. The first-order chi connectivity index (χ1) is 14.8. The zero-order valence-electron chi connectivity index (χ0n) is 17.8. The molecule has 0 saturated carbocycles. The van der Waals surface area contributed by atoms with Crippen LogP contribution in [-0.2, 0) is 20.6 Å². The highest BCUT2D eigenvalue weighted by Gasteiger charge is 2.37. The van der Waals surface area contributed by atoms with Gasteiger partial charge in [-0.3, -0.25) is 13.9 Å². The van der Waals surface area contributed by atoms with E-state index in [0.29, 0.717) is 28.7 Å². The van der Waals surface area contributed by atoms with Crippen LogP contribution in [0.4, 0.5) is 4.39 Å². The van der Waals surface area contributed by atoms with Crippen LogP contribution >= 0.6 is 11.3 Å². The molecule has 5 rings (SSSR count). The molecule has 0 spiro atoms. The highest BCUT2D eigenvalue weighted by atomic mass is 32.1. The lowest BCUT2D eigenvalue weighted by Crippen LogP contribution is -2.37. The van der Waals surface area contributed by atoms with E-state index in [-0.39, 0.29) is 28.9 Å². The van der Waals surface area contributed by atoms with Crippen molar-refractivity contribution in [1.82, 2.24) is 18.7 Å². The van der Waals surface area contributed by atoms with E-state index in [1.807, 2.05) is 18.4 Å². The van der Waals surface area contributed by atoms with Gasteiger partial charge in [0.2, 0.25) is 0 Å². The van der Waals surface area contributed by atoms with E-state index in [4.69, 9.17) is 4.98 Å². The van der Waals surface area contributed by atoms with Crippen LogP contribution in [0.25, 0.3) is 22.2 Å². The van der Waals surface area contributed by atoms with Crippen molar-refractivity contribution in [3.8, 4) is 11.3 Å². The number of hydrogen-bond acceptors (Lipinski definition) is 4. The minimum absolute atomic E-state index is 0.0463.